The zero-order valence-corrected chi connectivity index (χ0v) is 12.0. The first kappa shape index (κ1) is 13.8. The SMILES string of the molecule is Cc1c(Nc2ncnc3c2NC(=O)CN3)c(C(N)=O)nn1C. The highest BCUT2D eigenvalue weighted by Crippen LogP contribution is 2.32. The number of anilines is 4. The summed E-state index contributed by atoms with van der Waals surface area (Å²) in [6.45, 7) is 1.92. The molecule has 2 amide bonds. The molecule has 0 radical (unpaired) electrons. The Labute approximate surface area is 125 Å². The molecular formula is C12H14N8O2. The van der Waals surface area contributed by atoms with Crippen LogP contribution in [0, 0.1) is 6.92 Å². The number of primary amides is 1. The van der Waals surface area contributed by atoms with Gasteiger partial charge in [-0.15, -0.1) is 0 Å². The molecular weight excluding hydrogens is 288 g/mol. The van der Waals surface area contributed by atoms with Crippen LogP contribution in [0.25, 0.3) is 0 Å². The molecule has 3 rings (SSSR count). The van der Waals surface area contributed by atoms with Gasteiger partial charge in [0.1, 0.15) is 12.0 Å². The van der Waals surface area contributed by atoms with E-state index in [1.54, 1.807) is 14.0 Å². The minimum absolute atomic E-state index is 0.0995. The van der Waals surface area contributed by atoms with Gasteiger partial charge >= 0.3 is 0 Å². The average molecular weight is 302 g/mol. The molecule has 2 aromatic rings. The van der Waals surface area contributed by atoms with Gasteiger partial charge in [-0.3, -0.25) is 14.3 Å². The van der Waals surface area contributed by atoms with Gasteiger partial charge in [-0.05, 0) is 6.92 Å². The second-order valence-corrected chi connectivity index (χ2v) is 4.77. The molecule has 10 nitrogen and oxygen atoms in total. The molecule has 5 N–H and O–H groups in total. The number of amides is 2. The first-order valence-electron chi connectivity index (χ1n) is 6.46. The summed E-state index contributed by atoms with van der Waals surface area (Å²) in [5.74, 6) is -0.0110. The highest BCUT2D eigenvalue weighted by molar-refractivity contribution is 6.04. The molecule has 22 heavy (non-hydrogen) atoms. The van der Waals surface area contributed by atoms with Gasteiger partial charge < -0.3 is 21.7 Å². The Kier molecular flexibility index (Phi) is 3.13. The lowest BCUT2D eigenvalue weighted by atomic mass is 10.2. The number of carbonyl (C=O) groups is 2. The van der Waals surface area contributed by atoms with Crippen molar-refractivity contribution >= 4 is 34.8 Å². The van der Waals surface area contributed by atoms with Crippen molar-refractivity contribution in [3.63, 3.8) is 0 Å². The van der Waals surface area contributed by atoms with E-state index in [0.717, 1.165) is 0 Å². The van der Waals surface area contributed by atoms with Crippen LogP contribution >= 0.6 is 0 Å². The van der Waals surface area contributed by atoms with E-state index in [-0.39, 0.29) is 18.1 Å². The number of aryl methyl sites for hydroxylation is 1. The number of carbonyl (C=O) groups excluding carboxylic acids is 2. The topological polar surface area (TPSA) is 140 Å². The Balaban J connectivity index is 2.05. The van der Waals surface area contributed by atoms with E-state index in [2.05, 4.69) is 31.0 Å². The molecule has 0 fully saturated rings. The number of nitrogens with zero attached hydrogens (tertiary/aromatic N) is 4. The van der Waals surface area contributed by atoms with Crippen LogP contribution in [0.3, 0.4) is 0 Å². The molecule has 114 valence electrons. The van der Waals surface area contributed by atoms with E-state index in [1.807, 2.05) is 0 Å². The monoisotopic (exact) mass is 302 g/mol. The van der Waals surface area contributed by atoms with Crippen molar-refractivity contribution < 1.29 is 9.59 Å². The van der Waals surface area contributed by atoms with Crippen molar-refractivity contribution in [3.8, 4) is 0 Å². The van der Waals surface area contributed by atoms with E-state index in [4.69, 9.17) is 5.73 Å². The lowest BCUT2D eigenvalue weighted by Gasteiger charge is -2.20. The molecule has 1 aliphatic heterocycles. The number of nitrogens with one attached hydrogen (secondary N) is 3. The maximum Gasteiger partial charge on any atom is 0.271 e. The molecule has 0 atom stereocenters. The summed E-state index contributed by atoms with van der Waals surface area (Å²) >= 11 is 0. The second-order valence-electron chi connectivity index (χ2n) is 4.77. The highest BCUT2D eigenvalue weighted by atomic mass is 16.2. The van der Waals surface area contributed by atoms with E-state index in [0.29, 0.717) is 28.7 Å². The highest BCUT2D eigenvalue weighted by Gasteiger charge is 2.23. The number of hydrogen-bond acceptors (Lipinski definition) is 7. The zero-order valence-electron chi connectivity index (χ0n) is 12.0. The van der Waals surface area contributed by atoms with Crippen LogP contribution in [-0.2, 0) is 11.8 Å². The van der Waals surface area contributed by atoms with Crippen molar-refractivity contribution in [2.24, 2.45) is 12.8 Å². The van der Waals surface area contributed by atoms with E-state index < -0.39 is 5.91 Å². The predicted octanol–water partition coefficient (Wildman–Crippen LogP) is -0.275. The summed E-state index contributed by atoms with van der Waals surface area (Å²) in [5.41, 5.74) is 7.00. The van der Waals surface area contributed by atoms with Crippen LogP contribution in [0.4, 0.5) is 23.0 Å². The lowest BCUT2D eigenvalue weighted by molar-refractivity contribution is -0.114. The van der Waals surface area contributed by atoms with Crippen molar-refractivity contribution in [1.82, 2.24) is 19.7 Å². The third-order valence-corrected chi connectivity index (χ3v) is 3.34. The van der Waals surface area contributed by atoms with Gasteiger partial charge in [0.05, 0.1) is 17.9 Å². The van der Waals surface area contributed by atoms with E-state index in [9.17, 15) is 9.59 Å². The molecule has 0 saturated carbocycles. The molecule has 1 aliphatic rings. The van der Waals surface area contributed by atoms with Crippen LogP contribution in [0.15, 0.2) is 6.33 Å². The fraction of sp³-hybridized carbons (Fsp3) is 0.250. The van der Waals surface area contributed by atoms with Gasteiger partial charge in [0, 0.05) is 7.05 Å². The second kappa shape index (κ2) is 4.98. The Morgan fingerprint density at radius 2 is 2.23 bits per heavy atom. The molecule has 0 aromatic carbocycles. The summed E-state index contributed by atoms with van der Waals surface area (Å²) in [4.78, 5) is 31.2. The van der Waals surface area contributed by atoms with Crippen LogP contribution < -0.4 is 21.7 Å². The first-order chi connectivity index (χ1) is 10.5. The third-order valence-electron chi connectivity index (χ3n) is 3.34. The number of fused-ring (bicyclic) bond motifs is 1. The molecule has 0 bridgehead atoms. The van der Waals surface area contributed by atoms with Gasteiger partial charge in [-0.1, -0.05) is 0 Å². The minimum Gasteiger partial charge on any atom is -0.364 e. The number of hydrogen-bond donors (Lipinski definition) is 4. The molecule has 0 unspecified atom stereocenters. The van der Waals surface area contributed by atoms with Gasteiger partial charge in [0.25, 0.3) is 5.91 Å². The maximum atomic E-state index is 11.5. The molecule has 2 aromatic heterocycles. The molecule has 0 saturated heterocycles. The van der Waals surface area contributed by atoms with Crippen LogP contribution in [-0.4, -0.2) is 38.1 Å². The number of nitrogens with two attached hydrogens (primary N) is 1. The van der Waals surface area contributed by atoms with Crippen molar-refractivity contribution in [2.45, 2.75) is 6.92 Å². The quantitative estimate of drug-likeness (QED) is 0.611. The van der Waals surface area contributed by atoms with Crippen molar-refractivity contribution in [3.05, 3.63) is 17.7 Å². The molecule has 10 heteroatoms. The van der Waals surface area contributed by atoms with E-state index >= 15 is 0 Å². The zero-order chi connectivity index (χ0) is 15.9. The summed E-state index contributed by atoms with van der Waals surface area (Å²) in [6, 6.07) is 0. The van der Waals surface area contributed by atoms with Crippen LogP contribution in [0.5, 0.6) is 0 Å². The smallest absolute Gasteiger partial charge is 0.271 e. The summed E-state index contributed by atoms with van der Waals surface area (Å²) < 4.78 is 1.53. The van der Waals surface area contributed by atoms with Crippen molar-refractivity contribution in [1.29, 1.82) is 0 Å². The Hall–Kier alpha value is -3.17. The summed E-state index contributed by atoms with van der Waals surface area (Å²) in [7, 11) is 1.70. The van der Waals surface area contributed by atoms with Crippen LogP contribution in [0.2, 0.25) is 0 Å². The summed E-state index contributed by atoms with van der Waals surface area (Å²) in [6.07, 6.45) is 1.35. The standard InChI is InChI=1S/C12H14N8O2/c1-5-7(8(10(13)22)19-20(5)2)18-12-9-11(15-4-16-12)14-3-6(21)17-9/h4H,3H2,1-2H3,(H2,13,22)(H,17,21)(H2,14,15,16,18). The molecule has 3 heterocycles. The Morgan fingerprint density at radius 1 is 1.45 bits per heavy atom. The largest absolute Gasteiger partial charge is 0.364 e. The maximum absolute atomic E-state index is 11.5. The lowest BCUT2D eigenvalue weighted by Crippen LogP contribution is -2.29. The molecule has 0 spiro atoms. The van der Waals surface area contributed by atoms with Gasteiger partial charge in [-0.2, -0.15) is 5.10 Å². The third kappa shape index (κ3) is 2.20. The predicted molar refractivity (Wildman–Crippen MR) is 78.9 cm³/mol. The first-order valence-corrected chi connectivity index (χ1v) is 6.46. The Morgan fingerprint density at radius 3 is 2.95 bits per heavy atom. The van der Waals surface area contributed by atoms with Crippen molar-refractivity contribution in [2.75, 3.05) is 22.5 Å². The minimum atomic E-state index is -0.656. The number of rotatable bonds is 3. The number of aromatic nitrogens is 4. The molecule has 0 aliphatic carbocycles. The van der Waals surface area contributed by atoms with Gasteiger partial charge in [-0.25, -0.2) is 9.97 Å². The Bertz CT molecular complexity index is 782. The van der Waals surface area contributed by atoms with Crippen LogP contribution in [0.1, 0.15) is 16.2 Å². The van der Waals surface area contributed by atoms with Gasteiger partial charge in [0.2, 0.25) is 5.91 Å². The fourth-order valence-electron chi connectivity index (χ4n) is 2.13. The fourth-order valence-corrected chi connectivity index (χ4v) is 2.13. The van der Waals surface area contributed by atoms with E-state index in [1.165, 1.54) is 11.0 Å². The normalized spacial score (nSPS) is 13.1. The summed E-state index contributed by atoms with van der Waals surface area (Å²) in [5, 5.41) is 12.6. The average Bonchev–Trinajstić information content (AvgIpc) is 2.76. The van der Waals surface area contributed by atoms with Gasteiger partial charge in [0.15, 0.2) is 17.3 Å².